The van der Waals surface area contributed by atoms with Crippen molar-refractivity contribution in [3.63, 3.8) is 0 Å². The average molecular weight is 370 g/mol. The standard InChI is InChI=1S/C18H12F2N4O3/c19-16(20)18-23-22-17(27-18)11-3-4-24-8-12(21-15(24)7-11)5-10-1-2-13-14(6-10)26-9-25-13/h1-4,6-8,16H,5,9H2. The lowest BCUT2D eigenvalue weighted by Crippen LogP contribution is -1.93. The monoisotopic (exact) mass is 370 g/mol. The van der Waals surface area contributed by atoms with Crippen molar-refractivity contribution in [3.8, 4) is 23.0 Å². The van der Waals surface area contributed by atoms with Crippen molar-refractivity contribution in [1.82, 2.24) is 19.6 Å². The number of nitrogens with zero attached hydrogens (tertiary/aromatic N) is 4. The zero-order valence-corrected chi connectivity index (χ0v) is 13.8. The Morgan fingerprint density at radius 1 is 1.07 bits per heavy atom. The summed E-state index contributed by atoms with van der Waals surface area (Å²) in [4.78, 5) is 4.58. The van der Waals surface area contributed by atoms with Gasteiger partial charge in [0.1, 0.15) is 5.65 Å². The van der Waals surface area contributed by atoms with Crippen LogP contribution < -0.4 is 9.47 Å². The van der Waals surface area contributed by atoms with E-state index in [1.165, 1.54) is 0 Å². The minimum absolute atomic E-state index is 0.0353. The van der Waals surface area contributed by atoms with Crippen molar-refractivity contribution < 1.29 is 22.7 Å². The number of aromatic nitrogens is 4. The van der Waals surface area contributed by atoms with Gasteiger partial charge in [0.2, 0.25) is 12.7 Å². The third kappa shape index (κ3) is 2.86. The Hall–Kier alpha value is -3.49. The summed E-state index contributed by atoms with van der Waals surface area (Å²) in [6.07, 6.45) is 1.49. The molecule has 7 nitrogen and oxygen atoms in total. The van der Waals surface area contributed by atoms with Crippen molar-refractivity contribution in [2.75, 3.05) is 6.79 Å². The zero-order valence-electron chi connectivity index (χ0n) is 13.8. The number of halogens is 2. The number of fused-ring (bicyclic) bond motifs is 2. The van der Waals surface area contributed by atoms with Gasteiger partial charge in [-0.25, -0.2) is 4.98 Å². The highest BCUT2D eigenvalue weighted by Gasteiger charge is 2.18. The molecule has 0 bridgehead atoms. The van der Waals surface area contributed by atoms with Crippen molar-refractivity contribution in [3.05, 3.63) is 59.9 Å². The lowest BCUT2D eigenvalue weighted by molar-refractivity contribution is 0.116. The normalized spacial score (nSPS) is 13.0. The quantitative estimate of drug-likeness (QED) is 0.546. The molecule has 0 saturated carbocycles. The van der Waals surface area contributed by atoms with Crippen molar-refractivity contribution in [2.24, 2.45) is 0 Å². The molecule has 27 heavy (non-hydrogen) atoms. The van der Waals surface area contributed by atoms with E-state index in [4.69, 9.17) is 13.9 Å². The minimum atomic E-state index is -2.80. The summed E-state index contributed by atoms with van der Waals surface area (Å²) in [7, 11) is 0. The first kappa shape index (κ1) is 15.7. The Kier molecular flexibility index (Phi) is 3.52. The molecule has 4 heterocycles. The van der Waals surface area contributed by atoms with Crippen LogP contribution >= 0.6 is 0 Å². The molecule has 0 radical (unpaired) electrons. The fourth-order valence-corrected chi connectivity index (χ4v) is 2.95. The van der Waals surface area contributed by atoms with E-state index < -0.39 is 12.3 Å². The molecule has 136 valence electrons. The van der Waals surface area contributed by atoms with Crippen LogP contribution in [0.3, 0.4) is 0 Å². The summed E-state index contributed by atoms with van der Waals surface area (Å²) in [5, 5.41) is 7.01. The molecular formula is C18H12F2N4O3. The summed E-state index contributed by atoms with van der Waals surface area (Å²) >= 11 is 0. The number of rotatable bonds is 4. The molecule has 1 aliphatic heterocycles. The van der Waals surface area contributed by atoms with Crippen LogP contribution in [0.15, 0.2) is 47.1 Å². The molecule has 0 atom stereocenters. The number of alkyl halides is 2. The van der Waals surface area contributed by atoms with Crippen LogP contribution in [-0.4, -0.2) is 26.4 Å². The number of ether oxygens (including phenoxy) is 2. The highest BCUT2D eigenvalue weighted by Crippen LogP contribution is 2.33. The predicted octanol–water partition coefficient (Wildman–Crippen LogP) is 3.64. The van der Waals surface area contributed by atoms with E-state index in [0.29, 0.717) is 17.6 Å². The number of pyridine rings is 1. The van der Waals surface area contributed by atoms with E-state index in [9.17, 15) is 8.78 Å². The van der Waals surface area contributed by atoms with E-state index >= 15 is 0 Å². The van der Waals surface area contributed by atoms with Gasteiger partial charge in [-0.1, -0.05) is 6.07 Å². The summed E-state index contributed by atoms with van der Waals surface area (Å²) < 4.78 is 42.8. The summed E-state index contributed by atoms with van der Waals surface area (Å²) in [6, 6.07) is 9.20. The second-order valence-electron chi connectivity index (χ2n) is 6.02. The Morgan fingerprint density at radius 3 is 2.81 bits per heavy atom. The SMILES string of the molecule is FC(F)c1nnc(-c2ccn3cc(Cc4ccc5c(c4)OCO5)nc3c2)o1. The number of benzene rings is 1. The van der Waals surface area contributed by atoms with Gasteiger partial charge in [0, 0.05) is 24.4 Å². The zero-order chi connectivity index (χ0) is 18.4. The third-order valence-electron chi connectivity index (χ3n) is 4.21. The maximum absolute atomic E-state index is 12.6. The van der Waals surface area contributed by atoms with Crippen molar-refractivity contribution in [2.45, 2.75) is 12.8 Å². The molecule has 0 saturated heterocycles. The first-order chi connectivity index (χ1) is 13.2. The van der Waals surface area contributed by atoms with Crippen molar-refractivity contribution in [1.29, 1.82) is 0 Å². The molecule has 0 aliphatic carbocycles. The molecule has 1 aromatic carbocycles. The van der Waals surface area contributed by atoms with Crippen LogP contribution in [0.5, 0.6) is 11.5 Å². The second-order valence-corrected chi connectivity index (χ2v) is 6.02. The minimum Gasteiger partial charge on any atom is -0.454 e. The van der Waals surface area contributed by atoms with Crippen LogP contribution in [0, 0.1) is 0 Å². The summed E-state index contributed by atoms with van der Waals surface area (Å²) in [5.74, 6) is 0.802. The predicted molar refractivity (Wildman–Crippen MR) is 88.8 cm³/mol. The third-order valence-corrected chi connectivity index (χ3v) is 4.21. The molecule has 3 aromatic heterocycles. The average Bonchev–Trinajstić information content (AvgIpc) is 3.39. The van der Waals surface area contributed by atoms with Gasteiger partial charge in [0.05, 0.1) is 5.69 Å². The van der Waals surface area contributed by atoms with Gasteiger partial charge in [-0.15, -0.1) is 10.2 Å². The summed E-state index contributed by atoms with van der Waals surface area (Å²) in [6.45, 7) is 0.235. The lowest BCUT2D eigenvalue weighted by atomic mass is 10.1. The fourth-order valence-electron chi connectivity index (χ4n) is 2.95. The molecule has 1 aliphatic rings. The fraction of sp³-hybridized carbons (Fsp3) is 0.167. The Balaban J connectivity index is 1.43. The smallest absolute Gasteiger partial charge is 0.314 e. The molecule has 0 spiro atoms. The van der Waals surface area contributed by atoms with Crippen molar-refractivity contribution >= 4 is 5.65 Å². The summed E-state index contributed by atoms with van der Waals surface area (Å²) in [5.41, 5.74) is 3.08. The van der Waals surface area contributed by atoms with E-state index in [-0.39, 0.29) is 12.7 Å². The van der Waals surface area contributed by atoms with Gasteiger partial charge in [-0.05, 0) is 29.8 Å². The van der Waals surface area contributed by atoms with Gasteiger partial charge in [0.15, 0.2) is 11.5 Å². The highest BCUT2D eigenvalue weighted by molar-refractivity contribution is 5.60. The molecule has 0 unspecified atom stereocenters. The number of imidazole rings is 1. The topological polar surface area (TPSA) is 74.7 Å². The molecule has 0 amide bonds. The van der Waals surface area contributed by atoms with E-state index in [1.807, 2.05) is 28.8 Å². The van der Waals surface area contributed by atoms with Crippen LogP contribution in [0.4, 0.5) is 8.78 Å². The number of hydrogen-bond acceptors (Lipinski definition) is 6. The Labute approximate surface area is 151 Å². The second kappa shape index (κ2) is 6.04. The van der Waals surface area contributed by atoms with E-state index in [0.717, 1.165) is 22.8 Å². The maximum Gasteiger partial charge on any atom is 0.314 e. The van der Waals surface area contributed by atoms with E-state index in [1.54, 1.807) is 18.3 Å². The van der Waals surface area contributed by atoms with Crippen LogP contribution in [0.2, 0.25) is 0 Å². The maximum atomic E-state index is 12.6. The van der Waals surface area contributed by atoms with Gasteiger partial charge in [0.25, 0.3) is 5.89 Å². The van der Waals surface area contributed by atoms with Crippen LogP contribution in [-0.2, 0) is 6.42 Å². The largest absolute Gasteiger partial charge is 0.454 e. The van der Waals surface area contributed by atoms with Gasteiger partial charge < -0.3 is 18.3 Å². The van der Waals surface area contributed by atoms with Gasteiger partial charge in [-0.2, -0.15) is 8.78 Å². The van der Waals surface area contributed by atoms with Crippen LogP contribution in [0.1, 0.15) is 23.6 Å². The first-order valence-corrected chi connectivity index (χ1v) is 8.14. The number of hydrogen-bond donors (Lipinski definition) is 0. The molecule has 0 fully saturated rings. The Morgan fingerprint density at radius 2 is 1.96 bits per heavy atom. The van der Waals surface area contributed by atoms with Crippen LogP contribution in [0.25, 0.3) is 17.1 Å². The molecule has 9 heteroatoms. The molecule has 5 rings (SSSR count). The highest BCUT2D eigenvalue weighted by atomic mass is 19.3. The van der Waals surface area contributed by atoms with Gasteiger partial charge in [-0.3, -0.25) is 0 Å². The molecule has 4 aromatic rings. The molecular weight excluding hydrogens is 358 g/mol. The van der Waals surface area contributed by atoms with Gasteiger partial charge >= 0.3 is 6.43 Å². The first-order valence-electron chi connectivity index (χ1n) is 8.14. The Bertz CT molecular complexity index is 1140. The molecule has 0 N–H and O–H groups in total. The lowest BCUT2D eigenvalue weighted by Gasteiger charge is -2.00. The van der Waals surface area contributed by atoms with E-state index in [2.05, 4.69) is 15.2 Å².